The summed E-state index contributed by atoms with van der Waals surface area (Å²) in [5, 5.41) is 3.91. The first-order valence-corrected chi connectivity index (χ1v) is 8.36. The average Bonchev–Trinajstić information content (AvgIpc) is 3.28. The Morgan fingerprint density at radius 3 is 3.00 bits per heavy atom. The van der Waals surface area contributed by atoms with Crippen LogP contribution < -0.4 is 5.32 Å². The molecule has 0 radical (unpaired) electrons. The molecule has 1 unspecified atom stereocenters. The molecule has 0 saturated carbocycles. The summed E-state index contributed by atoms with van der Waals surface area (Å²) in [6, 6.07) is 9.78. The summed E-state index contributed by atoms with van der Waals surface area (Å²) >= 11 is 1.36. The van der Waals surface area contributed by atoms with Gasteiger partial charge in [0.2, 0.25) is 0 Å². The van der Waals surface area contributed by atoms with Crippen LogP contribution in [0.2, 0.25) is 0 Å². The Morgan fingerprint density at radius 2 is 2.17 bits per heavy atom. The molecule has 5 heteroatoms. The van der Waals surface area contributed by atoms with Gasteiger partial charge in [-0.05, 0) is 29.8 Å². The second-order valence-corrected chi connectivity index (χ2v) is 6.69. The van der Waals surface area contributed by atoms with Crippen LogP contribution in [-0.4, -0.2) is 35.4 Å². The minimum atomic E-state index is 0.0607. The smallest absolute Gasteiger partial charge is 0.265 e. The van der Waals surface area contributed by atoms with Crippen molar-refractivity contribution in [2.75, 3.05) is 19.6 Å². The van der Waals surface area contributed by atoms with Crippen LogP contribution in [0.4, 0.5) is 0 Å². The topological polar surface area (TPSA) is 45.2 Å². The number of aromatic nitrogens is 1. The molecule has 0 aliphatic carbocycles. The Bertz CT molecular complexity index is 829. The zero-order chi connectivity index (χ0) is 15.6. The van der Waals surface area contributed by atoms with E-state index >= 15 is 0 Å². The predicted molar refractivity (Wildman–Crippen MR) is 90.0 cm³/mol. The van der Waals surface area contributed by atoms with E-state index in [-0.39, 0.29) is 5.91 Å². The lowest BCUT2D eigenvalue weighted by atomic mass is 10.1. The number of rotatable bonds is 1. The van der Waals surface area contributed by atoms with Gasteiger partial charge >= 0.3 is 0 Å². The number of hydrogen-bond acceptors (Lipinski definition) is 4. The van der Waals surface area contributed by atoms with Gasteiger partial charge in [0.1, 0.15) is 4.88 Å². The third-order valence-corrected chi connectivity index (χ3v) is 4.98. The first kappa shape index (κ1) is 14.0. The highest BCUT2D eigenvalue weighted by molar-refractivity contribution is 7.14. The lowest BCUT2D eigenvalue weighted by molar-refractivity contribution is 0.0793. The van der Waals surface area contributed by atoms with Crippen LogP contribution in [-0.2, 0) is 0 Å². The number of hydrogen-bond donors (Lipinski definition) is 1. The van der Waals surface area contributed by atoms with Crippen molar-refractivity contribution in [3.8, 4) is 11.8 Å². The normalized spacial score (nSPS) is 18.7. The summed E-state index contributed by atoms with van der Waals surface area (Å²) in [4.78, 5) is 19.4. The summed E-state index contributed by atoms with van der Waals surface area (Å²) in [5.41, 5.74) is 2.27. The monoisotopic (exact) mass is 321 g/mol. The zero-order valence-electron chi connectivity index (χ0n) is 12.5. The van der Waals surface area contributed by atoms with Gasteiger partial charge in [-0.3, -0.25) is 4.79 Å². The molecule has 0 bridgehead atoms. The van der Waals surface area contributed by atoms with Gasteiger partial charge in [0.25, 0.3) is 5.91 Å². The molecule has 1 aromatic carbocycles. The fourth-order valence-corrected chi connectivity index (χ4v) is 3.61. The molecule has 1 amide bonds. The van der Waals surface area contributed by atoms with Crippen molar-refractivity contribution in [2.45, 2.75) is 0 Å². The van der Waals surface area contributed by atoms with Crippen LogP contribution in [0.15, 0.2) is 48.3 Å². The molecule has 1 N–H and O–H groups in total. The van der Waals surface area contributed by atoms with E-state index in [2.05, 4.69) is 22.1 Å². The quantitative estimate of drug-likeness (QED) is 0.818. The fourth-order valence-electron chi connectivity index (χ4n) is 2.88. The second-order valence-electron chi connectivity index (χ2n) is 5.66. The van der Waals surface area contributed by atoms with Gasteiger partial charge in [0, 0.05) is 31.1 Å². The van der Waals surface area contributed by atoms with E-state index in [1.54, 1.807) is 6.20 Å². The second kappa shape index (κ2) is 5.90. The van der Waals surface area contributed by atoms with E-state index in [4.69, 9.17) is 0 Å². The van der Waals surface area contributed by atoms with Gasteiger partial charge in [-0.25, -0.2) is 4.98 Å². The van der Waals surface area contributed by atoms with Gasteiger partial charge in [-0.15, -0.1) is 11.3 Å². The van der Waals surface area contributed by atoms with Gasteiger partial charge < -0.3 is 10.2 Å². The molecule has 3 heterocycles. The number of nitrogens with zero attached hydrogens (tertiary/aromatic N) is 2. The van der Waals surface area contributed by atoms with Crippen molar-refractivity contribution < 1.29 is 4.79 Å². The molecule has 4 nitrogen and oxygen atoms in total. The van der Waals surface area contributed by atoms with Gasteiger partial charge in [-0.2, -0.15) is 0 Å². The molecular weight excluding hydrogens is 306 g/mol. The number of nitrogens with one attached hydrogen (secondary N) is 1. The highest BCUT2D eigenvalue weighted by Gasteiger charge is 2.33. The molecule has 23 heavy (non-hydrogen) atoms. The van der Waals surface area contributed by atoms with Crippen LogP contribution in [0.1, 0.15) is 20.2 Å². The van der Waals surface area contributed by atoms with Crippen LogP contribution in [0, 0.1) is 17.8 Å². The lowest BCUT2D eigenvalue weighted by Gasteiger charge is -2.14. The molecule has 2 aliphatic heterocycles. The standard InChI is InChI=1S/C18H15N3OS/c22-18(21-11-14-8-19-9-15(14)12-21)16-10-20-17(23-16)7-6-13-4-2-1-3-5-13/h1-5,8,10,15,19H,9,11-12H2. The van der Waals surface area contributed by atoms with Crippen molar-refractivity contribution in [1.82, 2.24) is 15.2 Å². The van der Waals surface area contributed by atoms with Crippen molar-refractivity contribution >= 4 is 17.2 Å². The number of carbonyl (C=O) groups excluding carboxylic acids is 1. The SMILES string of the molecule is O=C(c1cnc(C#Cc2ccccc2)s1)N1CC2=CNCC2C1. The fraction of sp³-hybridized carbons (Fsp3) is 0.222. The van der Waals surface area contributed by atoms with E-state index in [9.17, 15) is 4.79 Å². The molecule has 4 rings (SSSR count). The number of carbonyl (C=O) groups is 1. The van der Waals surface area contributed by atoms with E-state index < -0.39 is 0 Å². The first-order valence-electron chi connectivity index (χ1n) is 7.54. The summed E-state index contributed by atoms with van der Waals surface area (Å²) in [5.74, 6) is 6.64. The maximum atomic E-state index is 12.6. The minimum Gasteiger partial charge on any atom is -0.390 e. The van der Waals surface area contributed by atoms with Gasteiger partial charge in [-0.1, -0.05) is 24.1 Å². The molecule has 2 aromatic rings. The Balaban J connectivity index is 1.48. The van der Waals surface area contributed by atoms with E-state index in [0.29, 0.717) is 15.8 Å². The Labute approximate surface area is 138 Å². The largest absolute Gasteiger partial charge is 0.390 e. The molecule has 1 aromatic heterocycles. The summed E-state index contributed by atoms with van der Waals surface area (Å²) < 4.78 is 0. The highest BCUT2D eigenvalue weighted by Crippen LogP contribution is 2.27. The summed E-state index contributed by atoms with van der Waals surface area (Å²) in [6.07, 6.45) is 3.68. The molecule has 1 saturated heterocycles. The number of fused-ring (bicyclic) bond motifs is 1. The summed E-state index contributed by atoms with van der Waals surface area (Å²) in [7, 11) is 0. The highest BCUT2D eigenvalue weighted by atomic mass is 32.1. The minimum absolute atomic E-state index is 0.0607. The van der Waals surface area contributed by atoms with Crippen molar-refractivity contribution in [3.63, 3.8) is 0 Å². The lowest BCUT2D eigenvalue weighted by Crippen LogP contribution is -2.29. The molecule has 2 aliphatic rings. The molecule has 1 fully saturated rings. The average molecular weight is 321 g/mol. The molecule has 0 spiro atoms. The Morgan fingerprint density at radius 1 is 1.30 bits per heavy atom. The summed E-state index contributed by atoms with van der Waals surface area (Å²) in [6.45, 7) is 2.45. The van der Waals surface area contributed by atoms with Gasteiger partial charge in [0.15, 0.2) is 5.01 Å². The number of thiazole rings is 1. The Hall–Kier alpha value is -2.58. The number of amides is 1. The van der Waals surface area contributed by atoms with E-state index in [0.717, 1.165) is 25.2 Å². The number of likely N-dealkylation sites (tertiary alicyclic amines) is 1. The first-order chi connectivity index (χ1) is 11.3. The molecule has 114 valence electrons. The third-order valence-electron chi connectivity index (χ3n) is 4.08. The van der Waals surface area contributed by atoms with Crippen LogP contribution in [0.3, 0.4) is 0 Å². The van der Waals surface area contributed by atoms with Crippen molar-refractivity contribution in [2.24, 2.45) is 5.92 Å². The van der Waals surface area contributed by atoms with Crippen molar-refractivity contribution in [3.05, 3.63) is 63.7 Å². The van der Waals surface area contributed by atoms with Crippen molar-refractivity contribution in [1.29, 1.82) is 0 Å². The van der Waals surface area contributed by atoms with Gasteiger partial charge in [0.05, 0.1) is 6.20 Å². The number of benzene rings is 1. The van der Waals surface area contributed by atoms with E-state index in [1.807, 2.05) is 41.4 Å². The van der Waals surface area contributed by atoms with Crippen LogP contribution in [0.5, 0.6) is 0 Å². The zero-order valence-corrected chi connectivity index (χ0v) is 13.3. The maximum absolute atomic E-state index is 12.6. The predicted octanol–water partition coefficient (Wildman–Crippen LogP) is 2.10. The molecular formula is C18H15N3OS. The maximum Gasteiger partial charge on any atom is 0.265 e. The van der Waals surface area contributed by atoms with Crippen LogP contribution in [0.25, 0.3) is 0 Å². The molecule has 1 atom stereocenters. The van der Waals surface area contributed by atoms with E-state index in [1.165, 1.54) is 16.9 Å². The van der Waals surface area contributed by atoms with Crippen LogP contribution >= 0.6 is 11.3 Å². The Kier molecular flexibility index (Phi) is 3.60. The third kappa shape index (κ3) is 2.86.